The van der Waals surface area contributed by atoms with Gasteiger partial charge in [0, 0.05) is 17.5 Å². The molecular formula is C16H24N2O. The summed E-state index contributed by atoms with van der Waals surface area (Å²) in [4.78, 5) is 2.34. The zero-order valence-corrected chi connectivity index (χ0v) is 12.1. The first-order valence-electron chi connectivity index (χ1n) is 7.07. The average Bonchev–Trinajstić information content (AvgIpc) is 2.74. The third kappa shape index (κ3) is 2.82. The molecule has 1 unspecified atom stereocenters. The Kier molecular flexibility index (Phi) is 4.61. The van der Waals surface area contributed by atoms with E-state index in [9.17, 15) is 0 Å². The maximum absolute atomic E-state index is 6.01. The molecule has 3 nitrogen and oxygen atoms in total. The third-order valence-corrected chi connectivity index (χ3v) is 3.77. The van der Waals surface area contributed by atoms with Crippen LogP contribution in [0.5, 0.6) is 0 Å². The van der Waals surface area contributed by atoms with E-state index < -0.39 is 0 Å². The van der Waals surface area contributed by atoms with E-state index in [4.69, 9.17) is 10.2 Å². The smallest absolute Gasteiger partial charge is 0.134 e. The van der Waals surface area contributed by atoms with E-state index in [1.54, 1.807) is 0 Å². The molecule has 0 aliphatic carbocycles. The quantitative estimate of drug-likeness (QED) is 0.864. The van der Waals surface area contributed by atoms with Crippen LogP contribution in [-0.4, -0.2) is 25.0 Å². The van der Waals surface area contributed by atoms with Crippen molar-refractivity contribution < 1.29 is 4.42 Å². The second-order valence-electron chi connectivity index (χ2n) is 5.15. The number of rotatable bonds is 6. The summed E-state index contributed by atoms with van der Waals surface area (Å²) < 4.78 is 5.85. The molecule has 2 rings (SSSR count). The highest BCUT2D eigenvalue weighted by molar-refractivity contribution is 5.82. The number of likely N-dealkylation sites (N-methyl/N-ethyl adjacent to an activating group) is 1. The Balaban J connectivity index is 2.37. The number of fused-ring (bicyclic) bond motifs is 1. The lowest BCUT2D eigenvalue weighted by molar-refractivity contribution is 0.245. The molecule has 0 spiro atoms. The van der Waals surface area contributed by atoms with Crippen molar-refractivity contribution in [2.24, 2.45) is 5.73 Å². The van der Waals surface area contributed by atoms with Gasteiger partial charge in [0.2, 0.25) is 0 Å². The molecule has 0 saturated heterocycles. The lowest BCUT2D eigenvalue weighted by Crippen LogP contribution is -2.31. The summed E-state index contributed by atoms with van der Waals surface area (Å²) >= 11 is 0. The Hall–Kier alpha value is -1.32. The number of para-hydroxylation sites is 1. The average molecular weight is 260 g/mol. The van der Waals surface area contributed by atoms with Gasteiger partial charge in [0.1, 0.15) is 11.3 Å². The first-order chi connectivity index (χ1) is 9.19. The highest BCUT2D eigenvalue weighted by Crippen LogP contribution is 2.32. The molecule has 0 aliphatic rings. The Morgan fingerprint density at radius 3 is 2.74 bits per heavy atom. The van der Waals surface area contributed by atoms with Crippen LogP contribution in [0.25, 0.3) is 11.0 Å². The van der Waals surface area contributed by atoms with Crippen LogP contribution >= 0.6 is 0 Å². The molecule has 2 aromatic rings. The van der Waals surface area contributed by atoms with E-state index in [1.807, 2.05) is 19.1 Å². The van der Waals surface area contributed by atoms with Crippen molar-refractivity contribution in [3.8, 4) is 0 Å². The topological polar surface area (TPSA) is 42.4 Å². The van der Waals surface area contributed by atoms with Crippen LogP contribution in [0.1, 0.15) is 37.1 Å². The Morgan fingerprint density at radius 1 is 1.32 bits per heavy atom. The van der Waals surface area contributed by atoms with E-state index in [0.29, 0.717) is 6.54 Å². The standard InChI is InChI=1S/C16H24N2O/c1-4-5-10-18(3)14(11-17)16-12(2)19-15-9-7-6-8-13(15)16/h6-9,14H,4-5,10-11,17H2,1-3H3. The normalized spacial score (nSPS) is 13.3. The number of hydrogen-bond acceptors (Lipinski definition) is 3. The maximum Gasteiger partial charge on any atom is 0.134 e. The van der Waals surface area contributed by atoms with Crippen molar-refractivity contribution in [1.82, 2.24) is 4.90 Å². The fraction of sp³-hybridized carbons (Fsp3) is 0.500. The lowest BCUT2D eigenvalue weighted by Gasteiger charge is -2.27. The molecule has 104 valence electrons. The molecule has 1 heterocycles. The van der Waals surface area contributed by atoms with E-state index in [1.165, 1.54) is 23.8 Å². The number of nitrogens with two attached hydrogens (primary N) is 1. The largest absolute Gasteiger partial charge is 0.461 e. The SMILES string of the molecule is CCCCN(C)C(CN)c1c(C)oc2ccccc12. The highest BCUT2D eigenvalue weighted by atomic mass is 16.3. The highest BCUT2D eigenvalue weighted by Gasteiger charge is 2.22. The summed E-state index contributed by atoms with van der Waals surface area (Å²) in [6.07, 6.45) is 2.40. The summed E-state index contributed by atoms with van der Waals surface area (Å²) in [5, 5.41) is 1.19. The monoisotopic (exact) mass is 260 g/mol. The Bertz CT molecular complexity index is 533. The van der Waals surface area contributed by atoms with Crippen molar-refractivity contribution >= 4 is 11.0 Å². The fourth-order valence-electron chi connectivity index (χ4n) is 2.68. The first kappa shape index (κ1) is 14.1. The Morgan fingerprint density at radius 2 is 2.05 bits per heavy atom. The summed E-state index contributed by atoms with van der Waals surface area (Å²) in [5.41, 5.74) is 8.22. The molecule has 0 radical (unpaired) electrons. The lowest BCUT2D eigenvalue weighted by atomic mass is 10.0. The zero-order chi connectivity index (χ0) is 13.8. The van der Waals surface area contributed by atoms with E-state index in [0.717, 1.165) is 17.9 Å². The molecule has 2 N–H and O–H groups in total. The van der Waals surface area contributed by atoms with Gasteiger partial charge in [0.05, 0.1) is 6.04 Å². The van der Waals surface area contributed by atoms with Crippen molar-refractivity contribution in [2.75, 3.05) is 20.1 Å². The number of hydrogen-bond donors (Lipinski definition) is 1. The van der Waals surface area contributed by atoms with Crippen molar-refractivity contribution in [3.63, 3.8) is 0 Å². The molecule has 0 aliphatic heterocycles. The number of aryl methyl sites for hydroxylation is 1. The summed E-state index contributed by atoms with van der Waals surface area (Å²) in [6.45, 7) is 5.93. The van der Waals surface area contributed by atoms with E-state index >= 15 is 0 Å². The molecule has 0 saturated carbocycles. The second kappa shape index (κ2) is 6.22. The minimum Gasteiger partial charge on any atom is -0.461 e. The minimum absolute atomic E-state index is 0.232. The van der Waals surface area contributed by atoms with Crippen molar-refractivity contribution in [1.29, 1.82) is 0 Å². The molecular weight excluding hydrogens is 236 g/mol. The van der Waals surface area contributed by atoms with Crippen molar-refractivity contribution in [3.05, 3.63) is 35.6 Å². The predicted molar refractivity (Wildman–Crippen MR) is 80.3 cm³/mol. The second-order valence-corrected chi connectivity index (χ2v) is 5.15. The minimum atomic E-state index is 0.232. The van der Waals surface area contributed by atoms with Crippen LogP contribution < -0.4 is 5.73 Å². The summed E-state index contributed by atoms with van der Waals surface area (Å²) in [6, 6.07) is 8.44. The Labute approximate surface area is 115 Å². The fourth-order valence-corrected chi connectivity index (χ4v) is 2.68. The molecule has 1 aromatic heterocycles. The van der Waals surface area contributed by atoms with Crippen LogP contribution in [0.4, 0.5) is 0 Å². The maximum atomic E-state index is 6.01. The number of nitrogens with zero attached hydrogens (tertiary/aromatic N) is 1. The van der Waals surface area contributed by atoms with Gasteiger partial charge in [-0.3, -0.25) is 4.90 Å². The molecule has 3 heteroatoms. The molecule has 19 heavy (non-hydrogen) atoms. The summed E-state index contributed by atoms with van der Waals surface area (Å²) in [5.74, 6) is 0.986. The van der Waals surface area contributed by atoms with Gasteiger partial charge in [-0.1, -0.05) is 31.5 Å². The zero-order valence-electron chi connectivity index (χ0n) is 12.1. The first-order valence-corrected chi connectivity index (χ1v) is 7.07. The number of benzene rings is 1. The van der Waals surface area contributed by atoms with Gasteiger partial charge < -0.3 is 10.2 Å². The van der Waals surface area contributed by atoms with E-state index in [2.05, 4.69) is 31.0 Å². The van der Waals surface area contributed by atoms with Gasteiger partial charge in [-0.05, 0) is 33.0 Å². The van der Waals surface area contributed by atoms with Crippen LogP contribution in [0, 0.1) is 6.92 Å². The number of furan rings is 1. The van der Waals surface area contributed by atoms with Gasteiger partial charge in [-0.25, -0.2) is 0 Å². The van der Waals surface area contributed by atoms with E-state index in [-0.39, 0.29) is 6.04 Å². The third-order valence-electron chi connectivity index (χ3n) is 3.77. The van der Waals surface area contributed by atoms with Crippen molar-refractivity contribution in [2.45, 2.75) is 32.7 Å². The molecule has 0 amide bonds. The van der Waals surface area contributed by atoms with Crippen LogP contribution in [0.2, 0.25) is 0 Å². The molecule has 0 fully saturated rings. The van der Waals surface area contributed by atoms with Crippen LogP contribution in [-0.2, 0) is 0 Å². The van der Waals surface area contributed by atoms with Gasteiger partial charge >= 0.3 is 0 Å². The van der Waals surface area contributed by atoms with Gasteiger partial charge in [0.15, 0.2) is 0 Å². The molecule has 0 bridgehead atoms. The molecule has 1 aromatic carbocycles. The van der Waals surface area contributed by atoms with Crippen LogP contribution in [0.15, 0.2) is 28.7 Å². The van der Waals surface area contributed by atoms with Gasteiger partial charge in [0.25, 0.3) is 0 Å². The summed E-state index contributed by atoms with van der Waals surface area (Å²) in [7, 11) is 2.15. The van der Waals surface area contributed by atoms with Gasteiger partial charge in [-0.2, -0.15) is 0 Å². The molecule has 1 atom stereocenters. The predicted octanol–water partition coefficient (Wildman–Crippen LogP) is 3.47. The van der Waals surface area contributed by atoms with Gasteiger partial charge in [-0.15, -0.1) is 0 Å². The number of unbranched alkanes of at least 4 members (excludes halogenated alkanes) is 1. The van der Waals surface area contributed by atoms with Crippen LogP contribution in [0.3, 0.4) is 0 Å².